The van der Waals surface area contributed by atoms with Gasteiger partial charge in [-0.3, -0.25) is 9.69 Å². The number of aromatic nitrogens is 1. The molecule has 0 aromatic carbocycles. The quantitative estimate of drug-likeness (QED) is 0.874. The number of methoxy groups -OCH3 is 1. The van der Waals surface area contributed by atoms with Gasteiger partial charge in [0.15, 0.2) is 5.13 Å². The number of rotatable bonds is 6. The van der Waals surface area contributed by atoms with Crippen molar-refractivity contribution in [3.8, 4) is 0 Å². The molecule has 1 saturated carbocycles. The minimum absolute atomic E-state index is 0.0417. The number of anilines is 1. The number of nitrogens with zero attached hydrogens (tertiary/aromatic N) is 2. The molecule has 6 heteroatoms. The Morgan fingerprint density at radius 2 is 2.40 bits per heavy atom. The van der Waals surface area contributed by atoms with Gasteiger partial charge in [-0.2, -0.15) is 0 Å². The molecule has 2 rings (SSSR count). The summed E-state index contributed by atoms with van der Waals surface area (Å²) in [5.41, 5.74) is 1.01. The molecule has 20 heavy (non-hydrogen) atoms. The number of hydrogen-bond acceptors (Lipinski definition) is 5. The number of carbonyl (C=O) groups excluding carboxylic acids is 1. The molecule has 0 spiro atoms. The molecule has 0 saturated heterocycles. The second kappa shape index (κ2) is 7.15. The van der Waals surface area contributed by atoms with E-state index in [1.165, 1.54) is 11.3 Å². The first-order valence-electron chi connectivity index (χ1n) is 7.12. The molecule has 1 N–H and O–H groups in total. The first-order chi connectivity index (χ1) is 9.63. The van der Waals surface area contributed by atoms with Gasteiger partial charge >= 0.3 is 0 Å². The normalized spacial score (nSPS) is 22.1. The summed E-state index contributed by atoms with van der Waals surface area (Å²) >= 11 is 1.53. The van der Waals surface area contributed by atoms with Crippen LogP contribution in [-0.2, 0) is 16.1 Å². The van der Waals surface area contributed by atoms with Crippen LogP contribution >= 0.6 is 11.3 Å². The van der Waals surface area contributed by atoms with E-state index in [1.54, 1.807) is 18.9 Å². The summed E-state index contributed by atoms with van der Waals surface area (Å²) in [6.07, 6.45) is 3.75. The second-order valence-electron chi connectivity index (χ2n) is 5.13. The van der Waals surface area contributed by atoms with Crippen LogP contribution in [0.5, 0.6) is 0 Å². The Labute approximate surface area is 124 Å². The van der Waals surface area contributed by atoms with Gasteiger partial charge in [-0.05, 0) is 26.2 Å². The van der Waals surface area contributed by atoms with E-state index in [0.717, 1.165) is 36.6 Å². The molecular weight excluding hydrogens is 274 g/mol. The van der Waals surface area contributed by atoms with Crippen LogP contribution in [0.15, 0.2) is 5.38 Å². The van der Waals surface area contributed by atoms with Gasteiger partial charge in [0, 0.05) is 38.5 Å². The molecule has 0 radical (unpaired) electrons. The van der Waals surface area contributed by atoms with Gasteiger partial charge in [0.1, 0.15) is 0 Å². The fourth-order valence-corrected chi connectivity index (χ4v) is 3.51. The molecule has 1 aromatic heterocycles. The number of thiazole rings is 1. The van der Waals surface area contributed by atoms with E-state index in [2.05, 4.69) is 10.3 Å². The third kappa shape index (κ3) is 3.77. The number of nitrogens with one attached hydrogen (secondary N) is 1. The molecular formula is C14H23N3O2S. The van der Waals surface area contributed by atoms with Crippen molar-refractivity contribution in [2.24, 2.45) is 0 Å². The maximum absolute atomic E-state index is 11.5. The predicted octanol–water partition coefficient (Wildman–Crippen LogP) is 2.17. The Morgan fingerprint density at radius 1 is 1.60 bits per heavy atom. The third-order valence-corrected chi connectivity index (χ3v) is 4.67. The maximum Gasteiger partial charge on any atom is 0.225 e. The highest BCUT2D eigenvalue weighted by Gasteiger charge is 2.24. The molecule has 1 heterocycles. The van der Waals surface area contributed by atoms with Crippen LogP contribution in [0.25, 0.3) is 0 Å². The average molecular weight is 297 g/mol. The van der Waals surface area contributed by atoms with E-state index in [4.69, 9.17) is 4.74 Å². The fraction of sp³-hybridized carbons (Fsp3) is 0.714. The number of amides is 1. The molecule has 1 aromatic rings. The summed E-state index contributed by atoms with van der Waals surface area (Å²) in [6, 6.07) is 0.514. The highest BCUT2D eigenvalue weighted by atomic mass is 32.1. The van der Waals surface area contributed by atoms with Gasteiger partial charge in [0.05, 0.1) is 11.8 Å². The molecule has 1 amide bonds. The van der Waals surface area contributed by atoms with Crippen molar-refractivity contribution in [1.29, 1.82) is 0 Å². The van der Waals surface area contributed by atoms with Crippen LogP contribution in [0.2, 0.25) is 0 Å². The van der Waals surface area contributed by atoms with Gasteiger partial charge in [-0.15, -0.1) is 11.3 Å². The highest BCUT2D eigenvalue weighted by molar-refractivity contribution is 7.14. The Morgan fingerprint density at radius 3 is 3.00 bits per heavy atom. The van der Waals surface area contributed by atoms with Crippen molar-refractivity contribution in [1.82, 2.24) is 10.3 Å². The standard InChI is InChI=1S/C14H23N3O2S/c1-4-17(10(2)18)14-16-12(9-20-14)8-15-11-5-6-13(7-11)19-3/h9,11,13,15H,4-8H2,1-3H3. The second-order valence-corrected chi connectivity index (χ2v) is 5.97. The Hall–Kier alpha value is -0.980. The van der Waals surface area contributed by atoms with Crippen LogP contribution < -0.4 is 10.2 Å². The third-order valence-electron chi connectivity index (χ3n) is 3.76. The first kappa shape index (κ1) is 15.4. The summed E-state index contributed by atoms with van der Waals surface area (Å²) in [6.45, 7) is 4.96. The van der Waals surface area contributed by atoms with Gasteiger partial charge in [0.2, 0.25) is 5.91 Å². The monoisotopic (exact) mass is 297 g/mol. The smallest absolute Gasteiger partial charge is 0.225 e. The highest BCUT2D eigenvalue weighted by Crippen LogP contribution is 2.23. The van der Waals surface area contributed by atoms with Crippen LogP contribution in [0.4, 0.5) is 5.13 Å². The lowest BCUT2D eigenvalue weighted by atomic mass is 10.2. The first-order valence-corrected chi connectivity index (χ1v) is 8.00. The average Bonchev–Trinajstić information content (AvgIpc) is 3.05. The minimum atomic E-state index is 0.0417. The Kier molecular flexibility index (Phi) is 5.51. The zero-order valence-corrected chi connectivity index (χ0v) is 13.2. The van der Waals surface area contributed by atoms with Crippen LogP contribution in [0.1, 0.15) is 38.8 Å². The van der Waals surface area contributed by atoms with E-state index < -0.39 is 0 Å². The molecule has 1 fully saturated rings. The van der Waals surface area contributed by atoms with Crippen LogP contribution in [0, 0.1) is 0 Å². The maximum atomic E-state index is 11.5. The lowest BCUT2D eigenvalue weighted by molar-refractivity contribution is -0.116. The topological polar surface area (TPSA) is 54.5 Å². The molecule has 2 unspecified atom stereocenters. The zero-order chi connectivity index (χ0) is 14.5. The van der Waals surface area contributed by atoms with Crippen molar-refractivity contribution >= 4 is 22.4 Å². The van der Waals surface area contributed by atoms with Gasteiger partial charge < -0.3 is 10.1 Å². The van der Waals surface area contributed by atoms with Crippen molar-refractivity contribution in [2.45, 2.75) is 51.8 Å². The molecule has 1 aliphatic rings. The summed E-state index contributed by atoms with van der Waals surface area (Å²) in [7, 11) is 1.78. The number of carbonyl (C=O) groups is 1. The van der Waals surface area contributed by atoms with E-state index >= 15 is 0 Å². The lowest BCUT2D eigenvalue weighted by Gasteiger charge is -2.14. The van der Waals surface area contributed by atoms with Crippen molar-refractivity contribution in [3.63, 3.8) is 0 Å². The SMILES string of the molecule is CCN(C(C)=O)c1nc(CNC2CCC(OC)C2)cs1. The number of ether oxygens (including phenoxy) is 1. The van der Waals surface area contributed by atoms with Crippen molar-refractivity contribution in [3.05, 3.63) is 11.1 Å². The van der Waals surface area contributed by atoms with E-state index in [9.17, 15) is 4.79 Å². The van der Waals surface area contributed by atoms with Gasteiger partial charge in [-0.1, -0.05) is 0 Å². The number of hydrogen-bond donors (Lipinski definition) is 1. The molecule has 5 nitrogen and oxygen atoms in total. The van der Waals surface area contributed by atoms with E-state index in [0.29, 0.717) is 18.7 Å². The van der Waals surface area contributed by atoms with Crippen LogP contribution in [-0.4, -0.2) is 36.7 Å². The van der Waals surface area contributed by atoms with Gasteiger partial charge in [-0.25, -0.2) is 4.98 Å². The molecule has 0 aliphatic heterocycles. The molecule has 2 atom stereocenters. The summed E-state index contributed by atoms with van der Waals surface area (Å²) < 4.78 is 5.37. The summed E-state index contributed by atoms with van der Waals surface area (Å²) in [5, 5.41) is 6.34. The fourth-order valence-electron chi connectivity index (χ4n) is 2.58. The van der Waals surface area contributed by atoms with E-state index in [-0.39, 0.29) is 5.91 Å². The molecule has 0 bridgehead atoms. The minimum Gasteiger partial charge on any atom is -0.381 e. The van der Waals surface area contributed by atoms with Gasteiger partial charge in [0.25, 0.3) is 0 Å². The molecule has 1 aliphatic carbocycles. The Bertz CT molecular complexity index is 449. The largest absolute Gasteiger partial charge is 0.381 e. The van der Waals surface area contributed by atoms with E-state index in [1.807, 2.05) is 12.3 Å². The summed E-state index contributed by atoms with van der Waals surface area (Å²) in [4.78, 5) is 17.7. The molecule has 112 valence electrons. The zero-order valence-electron chi connectivity index (χ0n) is 12.4. The predicted molar refractivity (Wildman–Crippen MR) is 81.1 cm³/mol. The summed E-state index contributed by atoms with van der Waals surface area (Å²) in [5.74, 6) is 0.0417. The lowest BCUT2D eigenvalue weighted by Crippen LogP contribution is -2.28. The van der Waals surface area contributed by atoms with Crippen molar-refractivity contribution in [2.75, 3.05) is 18.6 Å². The Balaban J connectivity index is 1.85. The van der Waals surface area contributed by atoms with Crippen LogP contribution in [0.3, 0.4) is 0 Å². The van der Waals surface area contributed by atoms with Crippen molar-refractivity contribution < 1.29 is 9.53 Å².